The molecule has 0 aromatic rings. The van der Waals surface area contributed by atoms with Gasteiger partial charge in [0.15, 0.2) is 34.0 Å². The Kier molecular flexibility index (Phi) is 42.0. The Morgan fingerprint density at radius 3 is 1.19 bits per heavy atom. The van der Waals surface area contributed by atoms with Crippen molar-refractivity contribution in [3.63, 3.8) is 0 Å². The van der Waals surface area contributed by atoms with Gasteiger partial charge in [-0.3, -0.25) is 33.6 Å². The lowest BCUT2D eigenvalue weighted by Crippen LogP contribution is -2.53. The Balaban J connectivity index is 0.000000187. The fraction of sp³-hybridized carbons (Fsp3) is 0.936. The van der Waals surface area contributed by atoms with Crippen LogP contribution in [0.4, 0.5) is 0 Å². The molecular weight excluding hydrogens is 1650 g/mol. The molecule has 15 aliphatic rings. The first kappa shape index (κ1) is 111. The van der Waals surface area contributed by atoms with Gasteiger partial charge in [-0.05, 0) is 289 Å². The highest BCUT2D eigenvalue weighted by Crippen LogP contribution is 2.65. The molecule has 15 fully saturated rings. The highest BCUT2D eigenvalue weighted by atomic mass is 16.7. The van der Waals surface area contributed by atoms with E-state index in [1.165, 1.54) is 135 Å². The number of rotatable bonds is 33. The van der Waals surface area contributed by atoms with Gasteiger partial charge in [-0.2, -0.15) is 0 Å². The summed E-state index contributed by atoms with van der Waals surface area (Å²) in [7, 11) is 0. The zero-order chi connectivity index (χ0) is 96.3. The molecule has 1 spiro atoms. The fourth-order valence-electron chi connectivity index (χ4n) is 26.3. The quantitative estimate of drug-likeness (QED) is 0.0256. The van der Waals surface area contributed by atoms with E-state index in [2.05, 4.69) is 96.9 Å². The van der Waals surface area contributed by atoms with Gasteiger partial charge in [0.2, 0.25) is 12.6 Å². The molecule has 20 atom stereocenters. The third kappa shape index (κ3) is 28.9. The van der Waals surface area contributed by atoms with Crippen molar-refractivity contribution >= 4 is 41.8 Å². The summed E-state index contributed by atoms with van der Waals surface area (Å²) in [6.07, 6.45) is 39.3. The first-order valence-electron chi connectivity index (χ1n) is 52.6. The minimum atomic E-state index is -0.297. The number of hydrogen-bond acceptors (Lipinski definition) is 21. The van der Waals surface area contributed by atoms with Gasteiger partial charge in [0, 0.05) is 11.3 Å². The summed E-state index contributed by atoms with van der Waals surface area (Å²) in [4.78, 5) is 81.8. The SMILES string of the molecule is CCC(C)C(=O)OC1OC(C)CC12CCCCC2.CCC(C)C(=O)OC1OCC2C3CCC(C3)C12.CCC(C)C(=O)OCOC1C(C)(C)CCC1(C)C.CCC(C)C(=O)OCOC1C(C)(C)CCCC1(C)C.CCC(C)C(=O)OCOC1C2(C)CCC(C2)C1(C)C.CCC(C)C(=O)OCOCC1(C)C2CC3CC(C2)CC1C3.CCC(C)C(=O)OCOCC1(C)CC2CCC1C2. The average Bonchev–Trinajstić information content (AvgIpc) is 1.64. The van der Waals surface area contributed by atoms with Gasteiger partial charge in [0.25, 0.3) is 0 Å². The van der Waals surface area contributed by atoms with Crippen molar-refractivity contribution < 1.29 is 99.9 Å². The standard InChI is InChI=1S/C18H30O3.C16H28O3.C16H30O3.2C15H26O3.C15H28O3.C14H22O3/c1-4-12(2)17(19)21-11-20-10-18(3)15-6-13-5-14(8-15)9-16(18)7-13;1-6-11(2)13(17)18-10-19-14-15(3,4)12-7-8-16(14,5)9-12;1-7-12(2)13(17)18-11-19-14-15(3,4)9-8-10-16(14,5)6;1-4-11(2)14(16)18-10-17-9-15(3)8-12-5-6-13(15)7-12;1-4-11(2)13(16)18-14-15(10-12(3)17-14)8-6-5-7-9-15;1-7-11(2)12(16)17-10-18-13-14(3,4)8-9-15(13,5)6;1-3-8(2)13(15)17-14-12-10-5-4-9(6-10)11(12)7-16-14/h12-16H,4-11H2,1-3H3;11-12,14H,6-10H2,1-5H3;12,14H,7-11H2,1-6H3;11-13H,4-10H2,1-3H3;11-12,14H,4-10H2,1-3H3;11,13H,7-10H2,1-6H3;8-12,14H,3-7H2,1-2H3. The van der Waals surface area contributed by atoms with Crippen LogP contribution in [0.2, 0.25) is 0 Å². The van der Waals surface area contributed by atoms with E-state index in [1.54, 1.807) is 0 Å². The van der Waals surface area contributed by atoms with Crippen LogP contribution in [-0.2, 0) is 99.9 Å². The number of carbonyl (C=O) groups excluding carboxylic acids is 7. The molecule has 15 rings (SSSR count). The molecule has 13 aliphatic carbocycles. The first-order valence-corrected chi connectivity index (χ1v) is 52.6. The van der Waals surface area contributed by atoms with Gasteiger partial charge in [-0.15, -0.1) is 0 Å². The van der Waals surface area contributed by atoms with Crippen molar-refractivity contribution in [3.05, 3.63) is 0 Å². The molecule has 20 unspecified atom stereocenters. The second kappa shape index (κ2) is 49.0. The fourth-order valence-corrected chi connectivity index (χ4v) is 26.3. The number of ether oxygens (including phenoxy) is 14. The Morgan fingerprint density at radius 1 is 0.362 bits per heavy atom. The zero-order valence-electron chi connectivity index (χ0n) is 87.4. The number of esters is 7. The van der Waals surface area contributed by atoms with Crippen molar-refractivity contribution in [3.8, 4) is 0 Å². The van der Waals surface area contributed by atoms with E-state index in [4.69, 9.17) is 66.3 Å². The summed E-state index contributed by atoms with van der Waals surface area (Å²) < 4.78 is 78.0. The Bertz CT molecular complexity index is 3410. The predicted molar refractivity (Wildman–Crippen MR) is 508 cm³/mol. The summed E-state index contributed by atoms with van der Waals surface area (Å²) >= 11 is 0. The van der Waals surface area contributed by atoms with Crippen LogP contribution < -0.4 is 0 Å². The topological polar surface area (TPSA) is 249 Å². The van der Waals surface area contributed by atoms with Gasteiger partial charge in [0.1, 0.15) is 0 Å². The molecule has 0 amide bonds. The molecular formula is C109H190O21. The average molecular weight is 1840 g/mol. The molecule has 2 heterocycles. The van der Waals surface area contributed by atoms with E-state index in [-0.39, 0.29) is 192 Å². The Morgan fingerprint density at radius 2 is 0.769 bits per heavy atom. The van der Waals surface area contributed by atoms with E-state index in [0.717, 1.165) is 150 Å². The minimum absolute atomic E-state index is 0.00348. The molecule has 10 bridgehead atoms. The van der Waals surface area contributed by atoms with Crippen molar-refractivity contribution in [1.29, 1.82) is 0 Å². The Hall–Kier alpha value is -3.99. The monoisotopic (exact) mass is 1840 g/mol. The molecule has 2 saturated heterocycles. The smallest absolute Gasteiger partial charge is 0.310 e. The van der Waals surface area contributed by atoms with Gasteiger partial charge < -0.3 is 66.3 Å². The molecule has 13 saturated carbocycles. The molecule has 21 heteroatoms. The molecule has 752 valence electrons. The van der Waals surface area contributed by atoms with Crippen LogP contribution in [0.25, 0.3) is 0 Å². The van der Waals surface area contributed by atoms with Crippen LogP contribution in [0.5, 0.6) is 0 Å². The zero-order valence-corrected chi connectivity index (χ0v) is 87.4. The van der Waals surface area contributed by atoms with Crippen molar-refractivity contribution in [2.45, 2.75) is 443 Å². The maximum atomic E-state index is 12.0. The second-order valence-electron chi connectivity index (χ2n) is 48.2. The van der Waals surface area contributed by atoms with Crippen LogP contribution in [0.15, 0.2) is 0 Å². The number of fused-ring (bicyclic) bond motifs is 9. The van der Waals surface area contributed by atoms with E-state index in [1.807, 2.05) is 96.9 Å². The summed E-state index contributed by atoms with van der Waals surface area (Å²) in [6, 6.07) is 0. The highest BCUT2D eigenvalue weighted by Gasteiger charge is 2.62. The van der Waals surface area contributed by atoms with Gasteiger partial charge in [-0.25, -0.2) is 0 Å². The predicted octanol–water partition coefficient (Wildman–Crippen LogP) is 25.3. The highest BCUT2D eigenvalue weighted by molar-refractivity contribution is 5.74. The van der Waals surface area contributed by atoms with Crippen molar-refractivity contribution in [2.75, 3.05) is 53.8 Å². The molecule has 0 aromatic carbocycles. The van der Waals surface area contributed by atoms with Crippen LogP contribution in [0, 0.1) is 155 Å². The van der Waals surface area contributed by atoms with Crippen LogP contribution >= 0.6 is 0 Å². The molecule has 130 heavy (non-hydrogen) atoms. The Labute approximate surface area is 789 Å². The molecule has 2 aliphatic heterocycles. The molecule has 0 N–H and O–H groups in total. The van der Waals surface area contributed by atoms with Crippen molar-refractivity contribution in [1.82, 2.24) is 0 Å². The van der Waals surface area contributed by atoms with Crippen LogP contribution in [0.3, 0.4) is 0 Å². The largest absolute Gasteiger partial charge is 0.438 e. The summed E-state index contributed by atoms with van der Waals surface area (Å²) in [5, 5.41) is 0. The van der Waals surface area contributed by atoms with Gasteiger partial charge in [0.05, 0.1) is 85.7 Å². The van der Waals surface area contributed by atoms with E-state index in [0.29, 0.717) is 22.7 Å². The van der Waals surface area contributed by atoms with Crippen LogP contribution in [0.1, 0.15) is 406 Å². The first-order chi connectivity index (χ1) is 61.1. The summed E-state index contributed by atoms with van der Waals surface area (Å²) in [5.74, 6) is 7.81. The van der Waals surface area contributed by atoms with E-state index in [9.17, 15) is 33.6 Å². The normalized spacial score (nSPS) is 34.3. The van der Waals surface area contributed by atoms with Crippen molar-refractivity contribution in [2.24, 2.45) is 155 Å². The van der Waals surface area contributed by atoms with Gasteiger partial charge in [-0.1, -0.05) is 219 Å². The molecule has 0 aromatic heterocycles. The third-order valence-corrected chi connectivity index (χ3v) is 35.9. The second-order valence-corrected chi connectivity index (χ2v) is 48.2. The lowest BCUT2D eigenvalue weighted by Gasteiger charge is -2.60. The molecule has 21 nitrogen and oxygen atoms in total. The summed E-state index contributed by atoms with van der Waals surface area (Å²) in [5.41, 5.74) is 1.84. The van der Waals surface area contributed by atoms with Crippen LogP contribution in [-0.4, -0.2) is 133 Å². The third-order valence-electron chi connectivity index (χ3n) is 35.9. The maximum Gasteiger partial charge on any atom is 0.310 e. The molecule has 0 radical (unpaired) electrons. The number of carbonyl (C=O) groups is 7. The lowest BCUT2D eigenvalue weighted by molar-refractivity contribution is -0.199. The van der Waals surface area contributed by atoms with Gasteiger partial charge >= 0.3 is 41.8 Å². The lowest BCUT2D eigenvalue weighted by atomic mass is 9.46. The van der Waals surface area contributed by atoms with E-state index < -0.39 is 0 Å². The minimum Gasteiger partial charge on any atom is -0.438 e. The van der Waals surface area contributed by atoms with E-state index >= 15 is 0 Å². The number of hydrogen-bond donors (Lipinski definition) is 0. The summed E-state index contributed by atoms with van der Waals surface area (Å²) in [6.45, 7) is 61.7. The maximum absolute atomic E-state index is 12.0.